The number of pyridine rings is 1. The zero-order valence-electron chi connectivity index (χ0n) is 14.1. The van der Waals surface area contributed by atoms with Crippen LogP contribution >= 0.6 is 0 Å². The predicted molar refractivity (Wildman–Crippen MR) is 96.8 cm³/mol. The molecule has 3 aromatic rings. The molecule has 0 saturated heterocycles. The number of carbonyl (C=O) groups is 1. The number of aryl methyl sites for hydroxylation is 1. The fourth-order valence-corrected chi connectivity index (χ4v) is 3.28. The average molecular weight is 336 g/mol. The minimum absolute atomic E-state index is 0.156. The molecule has 128 valence electrons. The molecule has 6 nitrogen and oxygen atoms in total. The lowest BCUT2D eigenvalue weighted by molar-refractivity contribution is 0.0976. The highest BCUT2D eigenvalue weighted by Gasteiger charge is 2.27. The second-order valence-electron chi connectivity index (χ2n) is 6.61. The maximum Gasteiger partial charge on any atom is 0.263 e. The van der Waals surface area contributed by atoms with Gasteiger partial charge in [-0.2, -0.15) is 5.10 Å². The SMILES string of the molecule is Cn1ncc2c(=O)c(C(=O)N(CC3CCC3)c3ccccc3)c[nH]c21. The Labute approximate surface area is 145 Å². The van der Waals surface area contributed by atoms with Crippen LogP contribution in [0, 0.1) is 5.92 Å². The first-order valence-corrected chi connectivity index (χ1v) is 8.55. The molecule has 2 heterocycles. The van der Waals surface area contributed by atoms with E-state index in [-0.39, 0.29) is 16.9 Å². The summed E-state index contributed by atoms with van der Waals surface area (Å²) in [5, 5.41) is 4.53. The van der Waals surface area contributed by atoms with E-state index in [1.165, 1.54) is 18.8 Å². The number of nitrogens with one attached hydrogen (secondary N) is 1. The van der Waals surface area contributed by atoms with Crippen molar-refractivity contribution in [1.29, 1.82) is 0 Å². The smallest absolute Gasteiger partial charge is 0.263 e. The number of para-hydroxylation sites is 1. The van der Waals surface area contributed by atoms with Gasteiger partial charge < -0.3 is 9.88 Å². The molecule has 1 saturated carbocycles. The number of anilines is 1. The van der Waals surface area contributed by atoms with Gasteiger partial charge in [-0.25, -0.2) is 0 Å². The minimum Gasteiger partial charge on any atom is -0.345 e. The molecule has 2 aromatic heterocycles. The molecule has 4 rings (SSSR count). The summed E-state index contributed by atoms with van der Waals surface area (Å²) in [6.07, 6.45) is 6.49. The Hall–Kier alpha value is -2.89. The molecule has 1 amide bonds. The van der Waals surface area contributed by atoms with E-state index < -0.39 is 0 Å². The Morgan fingerprint density at radius 1 is 1.32 bits per heavy atom. The molecule has 25 heavy (non-hydrogen) atoms. The van der Waals surface area contributed by atoms with Gasteiger partial charge in [-0.1, -0.05) is 24.6 Å². The molecule has 1 N–H and O–H groups in total. The number of nitrogens with zero attached hydrogens (tertiary/aromatic N) is 3. The molecule has 6 heteroatoms. The van der Waals surface area contributed by atoms with Crippen molar-refractivity contribution in [2.75, 3.05) is 11.4 Å². The van der Waals surface area contributed by atoms with Gasteiger partial charge in [-0.15, -0.1) is 0 Å². The van der Waals surface area contributed by atoms with Gasteiger partial charge in [0.25, 0.3) is 5.91 Å². The molecule has 0 unspecified atom stereocenters. The molecule has 0 atom stereocenters. The monoisotopic (exact) mass is 336 g/mol. The van der Waals surface area contributed by atoms with Crippen molar-refractivity contribution >= 4 is 22.6 Å². The van der Waals surface area contributed by atoms with Crippen molar-refractivity contribution in [2.45, 2.75) is 19.3 Å². The number of hydrogen-bond acceptors (Lipinski definition) is 3. The number of hydrogen-bond donors (Lipinski definition) is 1. The van der Waals surface area contributed by atoms with Gasteiger partial charge >= 0.3 is 0 Å². The van der Waals surface area contributed by atoms with E-state index in [1.54, 1.807) is 16.6 Å². The standard InChI is InChI=1S/C19H20N4O2/c1-22-18-15(11-21-22)17(24)16(10-20-18)19(25)23(12-13-6-5-7-13)14-8-3-2-4-9-14/h2-4,8-11,13H,5-7,12H2,1H3,(H,20,24). The lowest BCUT2D eigenvalue weighted by Crippen LogP contribution is -2.39. The highest BCUT2D eigenvalue weighted by molar-refractivity contribution is 6.07. The van der Waals surface area contributed by atoms with Crippen molar-refractivity contribution in [3.05, 3.63) is 58.5 Å². The first-order chi connectivity index (χ1) is 12.1. The average Bonchev–Trinajstić information content (AvgIpc) is 2.97. The van der Waals surface area contributed by atoms with Crippen LogP contribution in [0.1, 0.15) is 29.6 Å². The van der Waals surface area contributed by atoms with Crippen LogP contribution in [0.2, 0.25) is 0 Å². The maximum atomic E-state index is 13.2. The van der Waals surface area contributed by atoms with Crippen LogP contribution in [0.3, 0.4) is 0 Å². The van der Waals surface area contributed by atoms with E-state index in [2.05, 4.69) is 10.1 Å². The molecule has 1 aliphatic rings. The molecular formula is C19H20N4O2. The van der Waals surface area contributed by atoms with E-state index in [0.29, 0.717) is 23.5 Å². The number of carbonyl (C=O) groups excluding carboxylic acids is 1. The number of fused-ring (bicyclic) bond motifs is 1. The highest BCUT2D eigenvalue weighted by atomic mass is 16.2. The van der Waals surface area contributed by atoms with Crippen molar-refractivity contribution in [3.8, 4) is 0 Å². The first-order valence-electron chi connectivity index (χ1n) is 8.55. The lowest BCUT2D eigenvalue weighted by Gasteiger charge is -2.32. The maximum absolute atomic E-state index is 13.2. The molecule has 1 fully saturated rings. The van der Waals surface area contributed by atoms with Gasteiger partial charge in [0, 0.05) is 25.5 Å². The van der Waals surface area contributed by atoms with E-state index in [1.807, 2.05) is 30.3 Å². The third kappa shape index (κ3) is 2.73. The predicted octanol–water partition coefficient (Wildman–Crippen LogP) is 2.71. The Bertz CT molecular complexity index is 970. The van der Waals surface area contributed by atoms with Gasteiger partial charge in [-0.3, -0.25) is 14.3 Å². The Balaban J connectivity index is 1.75. The van der Waals surface area contributed by atoms with Gasteiger partial charge in [0.05, 0.1) is 11.6 Å². The summed E-state index contributed by atoms with van der Waals surface area (Å²) in [5.41, 5.74) is 1.32. The molecule has 0 spiro atoms. The lowest BCUT2D eigenvalue weighted by atomic mass is 9.85. The van der Waals surface area contributed by atoms with Crippen molar-refractivity contribution in [1.82, 2.24) is 14.8 Å². The molecule has 1 aliphatic carbocycles. The third-order valence-electron chi connectivity index (χ3n) is 4.99. The summed E-state index contributed by atoms with van der Waals surface area (Å²) in [6, 6.07) is 9.56. The summed E-state index contributed by atoms with van der Waals surface area (Å²) < 4.78 is 1.59. The zero-order chi connectivity index (χ0) is 17.4. The van der Waals surface area contributed by atoms with E-state index in [4.69, 9.17) is 0 Å². The number of aromatic nitrogens is 3. The Morgan fingerprint density at radius 3 is 2.76 bits per heavy atom. The fourth-order valence-electron chi connectivity index (χ4n) is 3.28. The topological polar surface area (TPSA) is 71.0 Å². The van der Waals surface area contributed by atoms with Crippen molar-refractivity contribution < 1.29 is 4.79 Å². The molecule has 1 aromatic carbocycles. The zero-order valence-corrected chi connectivity index (χ0v) is 14.1. The Kier molecular flexibility index (Phi) is 3.87. The quantitative estimate of drug-likeness (QED) is 0.796. The number of amides is 1. The van der Waals surface area contributed by atoms with Gasteiger partial charge in [0.1, 0.15) is 11.2 Å². The minimum atomic E-state index is -0.276. The van der Waals surface area contributed by atoms with Crippen LogP contribution in [0.25, 0.3) is 11.0 Å². The summed E-state index contributed by atoms with van der Waals surface area (Å²) in [5.74, 6) is 0.246. The van der Waals surface area contributed by atoms with Gasteiger partial charge in [0.2, 0.25) is 5.43 Å². The normalized spacial score (nSPS) is 14.4. The first kappa shape index (κ1) is 15.6. The van der Waals surface area contributed by atoms with Crippen LogP contribution in [0.4, 0.5) is 5.69 Å². The van der Waals surface area contributed by atoms with Crippen molar-refractivity contribution in [2.24, 2.45) is 13.0 Å². The molecule has 0 bridgehead atoms. The summed E-state index contributed by atoms with van der Waals surface area (Å²) >= 11 is 0. The van der Waals surface area contributed by atoms with E-state index in [0.717, 1.165) is 18.5 Å². The van der Waals surface area contributed by atoms with Crippen LogP contribution in [-0.2, 0) is 7.05 Å². The highest BCUT2D eigenvalue weighted by Crippen LogP contribution is 2.29. The second-order valence-corrected chi connectivity index (χ2v) is 6.61. The second kappa shape index (κ2) is 6.20. The molecule has 0 aliphatic heterocycles. The van der Waals surface area contributed by atoms with Crippen LogP contribution in [0.15, 0.2) is 47.5 Å². The molecule has 0 radical (unpaired) electrons. The number of aromatic amines is 1. The number of H-pyrrole nitrogens is 1. The van der Waals surface area contributed by atoms with Crippen LogP contribution < -0.4 is 10.3 Å². The summed E-state index contributed by atoms with van der Waals surface area (Å²) in [4.78, 5) is 30.7. The van der Waals surface area contributed by atoms with Crippen LogP contribution in [0.5, 0.6) is 0 Å². The van der Waals surface area contributed by atoms with E-state index in [9.17, 15) is 9.59 Å². The van der Waals surface area contributed by atoms with Crippen molar-refractivity contribution in [3.63, 3.8) is 0 Å². The van der Waals surface area contributed by atoms with Gasteiger partial charge in [0.15, 0.2) is 0 Å². The Morgan fingerprint density at radius 2 is 2.08 bits per heavy atom. The fraction of sp³-hybridized carbons (Fsp3) is 0.316. The largest absolute Gasteiger partial charge is 0.345 e. The van der Waals surface area contributed by atoms with Crippen LogP contribution in [-0.4, -0.2) is 27.2 Å². The van der Waals surface area contributed by atoms with E-state index >= 15 is 0 Å². The van der Waals surface area contributed by atoms with Gasteiger partial charge in [-0.05, 0) is 30.9 Å². The number of benzene rings is 1. The third-order valence-corrected chi connectivity index (χ3v) is 4.99. The number of rotatable bonds is 4. The molecular weight excluding hydrogens is 316 g/mol. The summed E-state index contributed by atoms with van der Waals surface area (Å²) in [6.45, 7) is 0.646. The summed E-state index contributed by atoms with van der Waals surface area (Å²) in [7, 11) is 1.76.